The lowest BCUT2D eigenvalue weighted by atomic mass is 9.93. The number of benzene rings is 2. The number of carboxylic acids is 1. The van der Waals surface area contributed by atoms with Gasteiger partial charge in [-0.1, -0.05) is 44.2 Å². The van der Waals surface area contributed by atoms with E-state index >= 15 is 0 Å². The van der Waals surface area contributed by atoms with Gasteiger partial charge in [0.25, 0.3) is 11.8 Å². The van der Waals surface area contributed by atoms with E-state index in [1.807, 2.05) is 30.5 Å². The summed E-state index contributed by atoms with van der Waals surface area (Å²) in [4.78, 5) is 45.3. The minimum atomic E-state index is -1.30. The number of anilines is 1. The van der Waals surface area contributed by atoms with Crippen LogP contribution in [-0.2, 0) is 13.0 Å². The van der Waals surface area contributed by atoms with Gasteiger partial charge in [-0.25, -0.2) is 9.78 Å². The van der Waals surface area contributed by atoms with Gasteiger partial charge in [0.1, 0.15) is 11.4 Å². The number of nitrogens with one attached hydrogen (secondary N) is 2. The second-order valence-corrected chi connectivity index (χ2v) is 12.9. The molecular formula is C36H38N4O5S. The molecule has 1 saturated carbocycles. The highest BCUT2D eigenvalue weighted by Gasteiger charge is 2.27. The molecule has 1 aliphatic heterocycles. The summed E-state index contributed by atoms with van der Waals surface area (Å²) in [6.45, 7) is 2.72. The molecule has 10 heteroatoms. The van der Waals surface area contributed by atoms with E-state index in [9.17, 15) is 19.5 Å². The predicted molar refractivity (Wildman–Crippen MR) is 180 cm³/mol. The van der Waals surface area contributed by atoms with E-state index in [-0.39, 0.29) is 28.6 Å². The van der Waals surface area contributed by atoms with Crippen molar-refractivity contribution in [2.45, 2.75) is 70.9 Å². The van der Waals surface area contributed by atoms with E-state index in [0.29, 0.717) is 36.6 Å². The number of ether oxygens (including phenoxy) is 1. The maximum Gasteiger partial charge on any atom is 0.355 e. The van der Waals surface area contributed by atoms with Crippen LogP contribution in [0.25, 0.3) is 21.6 Å². The van der Waals surface area contributed by atoms with Crippen LogP contribution in [0.2, 0.25) is 0 Å². The predicted octanol–water partition coefficient (Wildman–Crippen LogP) is 6.97. The Morgan fingerprint density at radius 1 is 0.957 bits per heavy atom. The molecule has 0 spiro atoms. The highest BCUT2D eigenvalue weighted by atomic mass is 32.1. The van der Waals surface area contributed by atoms with Gasteiger partial charge in [0.05, 0.1) is 6.61 Å². The van der Waals surface area contributed by atoms with Crippen molar-refractivity contribution in [3.05, 3.63) is 87.6 Å². The van der Waals surface area contributed by atoms with Gasteiger partial charge in [-0.2, -0.15) is 0 Å². The van der Waals surface area contributed by atoms with Gasteiger partial charge < -0.3 is 26.2 Å². The highest BCUT2D eigenvalue weighted by Crippen LogP contribution is 2.43. The number of carboxylic acid groups (broad SMARTS) is 1. The van der Waals surface area contributed by atoms with Crippen LogP contribution in [0.15, 0.2) is 53.9 Å². The van der Waals surface area contributed by atoms with Crippen molar-refractivity contribution in [2.75, 3.05) is 11.9 Å². The lowest BCUT2D eigenvalue weighted by Crippen LogP contribution is -2.36. The monoisotopic (exact) mass is 638 g/mol. The summed E-state index contributed by atoms with van der Waals surface area (Å²) >= 11 is 1.57. The van der Waals surface area contributed by atoms with Crippen molar-refractivity contribution >= 4 is 34.8 Å². The van der Waals surface area contributed by atoms with Crippen molar-refractivity contribution in [3.8, 4) is 27.3 Å². The van der Waals surface area contributed by atoms with E-state index in [2.05, 4.69) is 21.7 Å². The molecule has 6 rings (SSSR count). The molecular weight excluding hydrogens is 600 g/mol. The number of nitrogens with two attached hydrogens (primary N) is 1. The standard InChI is InChI=1S/C36H38N4O5S/c1-21-17-22(20-37)9-11-29(21)40-34(41)27-18-28-31(45-15-13-23-14-16-46-33(23)28)19-26(27)25-10-12-30(39-32(25)36(43)44)35(42)38-24-7-5-3-2-4-6-8-24/h9-12,14,16-19,24H,2-8,13,15,20,37H2,1H3,(H,38,42)(H,40,41)(H,43,44). The number of aromatic nitrogens is 1. The molecule has 0 bridgehead atoms. The Morgan fingerprint density at radius 2 is 1.74 bits per heavy atom. The van der Waals surface area contributed by atoms with Crippen LogP contribution in [-0.4, -0.2) is 40.5 Å². The summed E-state index contributed by atoms with van der Waals surface area (Å²) in [6.07, 6.45) is 8.11. The molecule has 5 N–H and O–H groups in total. The normalized spacial score (nSPS) is 14.9. The molecule has 2 aliphatic rings. The van der Waals surface area contributed by atoms with Gasteiger partial charge >= 0.3 is 5.97 Å². The minimum Gasteiger partial charge on any atom is -0.493 e. The van der Waals surface area contributed by atoms with Crippen molar-refractivity contribution in [2.24, 2.45) is 5.73 Å². The van der Waals surface area contributed by atoms with E-state index in [1.165, 1.54) is 12.5 Å². The van der Waals surface area contributed by atoms with Crippen molar-refractivity contribution in [3.63, 3.8) is 0 Å². The second-order valence-electron chi connectivity index (χ2n) is 12.0. The van der Waals surface area contributed by atoms with Gasteiger partial charge in [-0.3, -0.25) is 9.59 Å². The summed E-state index contributed by atoms with van der Waals surface area (Å²) in [7, 11) is 0. The van der Waals surface area contributed by atoms with Crippen LogP contribution in [0.1, 0.15) is 93.0 Å². The average Bonchev–Trinajstić information content (AvgIpc) is 3.43. The van der Waals surface area contributed by atoms with Gasteiger partial charge in [0.2, 0.25) is 0 Å². The Bertz CT molecular complexity index is 1790. The summed E-state index contributed by atoms with van der Waals surface area (Å²) < 4.78 is 6.15. The first-order valence-electron chi connectivity index (χ1n) is 15.9. The fraction of sp³-hybridized carbons (Fsp3) is 0.333. The molecule has 3 heterocycles. The zero-order chi connectivity index (χ0) is 32.2. The molecule has 0 saturated heterocycles. The number of aryl methyl sites for hydroxylation is 1. The lowest BCUT2D eigenvalue weighted by Gasteiger charge is -2.21. The molecule has 0 unspecified atom stereocenters. The number of nitrogens with zero attached hydrogens (tertiary/aromatic N) is 1. The molecule has 46 heavy (non-hydrogen) atoms. The Hall–Kier alpha value is -4.54. The highest BCUT2D eigenvalue weighted by molar-refractivity contribution is 7.13. The number of rotatable bonds is 7. The Kier molecular flexibility index (Phi) is 9.46. The molecule has 1 aliphatic carbocycles. The Balaban J connectivity index is 1.41. The average molecular weight is 639 g/mol. The van der Waals surface area contributed by atoms with Crippen LogP contribution < -0.4 is 21.1 Å². The SMILES string of the molecule is Cc1cc(CN)ccc1NC(=O)c1cc2c(cc1-c1ccc(C(=O)NC3CCCCCCC3)nc1C(=O)O)OCCc1ccsc1-2. The summed E-state index contributed by atoms with van der Waals surface area (Å²) in [5, 5.41) is 18.4. The van der Waals surface area contributed by atoms with Crippen LogP contribution in [0, 0.1) is 6.92 Å². The quantitative estimate of drug-likeness (QED) is 0.171. The minimum absolute atomic E-state index is 0.0269. The summed E-state index contributed by atoms with van der Waals surface area (Å²) in [6, 6.07) is 14.3. The molecule has 2 aromatic carbocycles. The number of carbonyl (C=O) groups excluding carboxylic acids is 2. The summed E-state index contributed by atoms with van der Waals surface area (Å²) in [5.74, 6) is -1.55. The van der Waals surface area contributed by atoms with Crippen LogP contribution in [0.4, 0.5) is 5.69 Å². The largest absolute Gasteiger partial charge is 0.493 e. The molecule has 0 atom stereocenters. The van der Waals surface area contributed by atoms with Gasteiger partial charge in [0.15, 0.2) is 5.69 Å². The van der Waals surface area contributed by atoms with E-state index in [1.54, 1.807) is 29.5 Å². The molecule has 0 radical (unpaired) electrons. The molecule has 2 amide bonds. The molecule has 238 valence electrons. The molecule has 4 aromatic rings. The lowest BCUT2D eigenvalue weighted by molar-refractivity contribution is 0.0691. The third-order valence-corrected chi connectivity index (χ3v) is 9.81. The molecule has 9 nitrogen and oxygen atoms in total. The number of thiophene rings is 1. The fourth-order valence-corrected chi connectivity index (χ4v) is 7.31. The molecule has 2 aromatic heterocycles. The number of amides is 2. The number of hydrogen-bond acceptors (Lipinski definition) is 7. The second kappa shape index (κ2) is 13.8. The third kappa shape index (κ3) is 6.68. The van der Waals surface area contributed by atoms with E-state index in [4.69, 9.17) is 10.5 Å². The van der Waals surface area contributed by atoms with Gasteiger partial charge in [-0.15, -0.1) is 11.3 Å². The van der Waals surface area contributed by atoms with Crippen molar-refractivity contribution in [1.82, 2.24) is 10.3 Å². The third-order valence-electron chi connectivity index (χ3n) is 8.82. The zero-order valence-corrected chi connectivity index (χ0v) is 26.7. The number of carbonyl (C=O) groups is 3. The first-order chi connectivity index (χ1) is 22.3. The number of aromatic carboxylic acids is 1. The zero-order valence-electron chi connectivity index (χ0n) is 25.9. The van der Waals surface area contributed by atoms with Gasteiger partial charge in [0, 0.05) is 51.8 Å². The van der Waals surface area contributed by atoms with Crippen molar-refractivity contribution < 1.29 is 24.2 Å². The first-order valence-corrected chi connectivity index (χ1v) is 16.7. The maximum atomic E-state index is 14.1. The number of pyridine rings is 1. The van der Waals surface area contributed by atoms with Crippen molar-refractivity contribution in [1.29, 1.82) is 0 Å². The Labute approximate surface area is 272 Å². The molecule has 1 fully saturated rings. The number of hydrogen-bond donors (Lipinski definition) is 4. The smallest absolute Gasteiger partial charge is 0.355 e. The topological polar surface area (TPSA) is 144 Å². The first kappa shape index (κ1) is 31.4. The summed E-state index contributed by atoms with van der Waals surface area (Å²) in [5.41, 5.74) is 10.7. The van der Waals surface area contributed by atoms with E-state index in [0.717, 1.165) is 65.7 Å². The van der Waals surface area contributed by atoms with Gasteiger partial charge in [-0.05, 0) is 78.2 Å². The maximum absolute atomic E-state index is 14.1. The fourth-order valence-electron chi connectivity index (χ4n) is 6.34. The van der Waals surface area contributed by atoms with Crippen LogP contribution in [0.3, 0.4) is 0 Å². The number of fused-ring (bicyclic) bond motifs is 3. The Morgan fingerprint density at radius 3 is 2.48 bits per heavy atom. The van der Waals surface area contributed by atoms with Crippen LogP contribution >= 0.6 is 11.3 Å². The van der Waals surface area contributed by atoms with E-state index < -0.39 is 17.8 Å². The van der Waals surface area contributed by atoms with Crippen LogP contribution in [0.5, 0.6) is 5.75 Å².